The van der Waals surface area contributed by atoms with E-state index in [-0.39, 0.29) is 6.61 Å². The first-order valence-corrected chi connectivity index (χ1v) is 7.22. The lowest BCUT2D eigenvalue weighted by molar-refractivity contribution is 0.197. The number of halogens is 2. The Kier molecular flexibility index (Phi) is 5.43. The van der Waals surface area contributed by atoms with Gasteiger partial charge in [-0.2, -0.15) is 5.10 Å². The molecule has 2 aromatic rings. The van der Waals surface area contributed by atoms with Gasteiger partial charge in [-0.1, -0.05) is 30.1 Å². The molecule has 0 saturated carbocycles. The lowest BCUT2D eigenvalue weighted by Crippen LogP contribution is -2.26. The van der Waals surface area contributed by atoms with Crippen LogP contribution in [-0.2, 0) is 6.54 Å². The Morgan fingerprint density at radius 2 is 2.15 bits per heavy atom. The van der Waals surface area contributed by atoms with Crippen LogP contribution in [0.1, 0.15) is 12.5 Å². The first kappa shape index (κ1) is 15.3. The Bertz CT molecular complexity index is 571. The minimum Gasteiger partial charge on any atom is -0.395 e. The molecular formula is C14H17Cl2N3O. The van der Waals surface area contributed by atoms with Crippen molar-refractivity contribution in [2.45, 2.75) is 13.5 Å². The first-order valence-electron chi connectivity index (χ1n) is 6.46. The summed E-state index contributed by atoms with van der Waals surface area (Å²) in [6.07, 6.45) is 1.79. The van der Waals surface area contributed by atoms with Gasteiger partial charge in [0.15, 0.2) is 0 Å². The zero-order valence-corrected chi connectivity index (χ0v) is 12.7. The molecule has 0 aliphatic carbocycles. The van der Waals surface area contributed by atoms with Gasteiger partial charge < -0.3 is 5.11 Å². The van der Waals surface area contributed by atoms with Crippen LogP contribution in [0.3, 0.4) is 0 Å². The number of aromatic amines is 1. The Morgan fingerprint density at radius 3 is 2.80 bits per heavy atom. The fourth-order valence-electron chi connectivity index (χ4n) is 2.09. The van der Waals surface area contributed by atoms with Crippen LogP contribution < -0.4 is 0 Å². The minimum atomic E-state index is 0.142. The third kappa shape index (κ3) is 3.52. The van der Waals surface area contributed by atoms with Gasteiger partial charge in [0.1, 0.15) is 0 Å². The molecule has 6 heteroatoms. The molecule has 0 spiro atoms. The van der Waals surface area contributed by atoms with Gasteiger partial charge in [-0.15, -0.1) is 0 Å². The maximum absolute atomic E-state index is 9.06. The molecule has 20 heavy (non-hydrogen) atoms. The molecule has 4 nitrogen and oxygen atoms in total. The van der Waals surface area contributed by atoms with E-state index in [0.29, 0.717) is 23.1 Å². The minimum absolute atomic E-state index is 0.142. The summed E-state index contributed by atoms with van der Waals surface area (Å²) in [7, 11) is 0. The fourth-order valence-corrected chi connectivity index (χ4v) is 2.59. The summed E-state index contributed by atoms with van der Waals surface area (Å²) in [6, 6.07) is 5.40. The number of H-pyrrole nitrogens is 1. The average molecular weight is 314 g/mol. The van der Waals surface area contributed by atoms with Crippen LogP contribution in [0, 0.1) is 0 Å². The first-order chi connectivity index (χ1) is 9.65. The lowest BCUT2D eigenvalue weighted by Gasteiger charge is -2.19. The molecule has 0 aliphatic heterocycles. The number of aliphatic hydroxyl groups excluding tert-OH is 1. The number of aliphatic hydroxyl groups is 1. The monoisotopic (exact) mass is 313 g/mol. The number of rotatable bonds is 6. The zero-order valence-electron chi connectivity index (χ0n) is 11.2. The van der Waals surface area contributed by atoms with Crippen molar-refractivity contribution in [3.05, 3.63) is 40.0 Å². The van der Waals surface area contributed by atoms with E-state index in [2.05, 4.69) is 22.0 Å². The van der Waals surface area contributed by atoms with Crippen molar-refractivity contribution in [1.82, 2.24) is 15.1 Å². The molecule has 0 fully saturated rings. The van der Waals surface area contributed by atoms with E-state index in [4.69, 9.17) is 28.3 Å². The van der Waals surface area contributed by atoms with Gasteiger partial charge >= 0.3 is 0 Å². The Labute approximate surface area is 128 Å². The van der Waals surface area contributed by atoms with Crippen molar-refractivity contribution in [3.63, 3.8) is 0 Å². The van der Waals surface area contributed by atoms with Gasteiger partial charge in [0.05, 0.1) is 23.5 Å². The molecule has 0 radical (unpaired) electrons. The van der Waals surface area contributed by atoms with Crippen molar-refractivity contribution in [2.75, 3.05) is 19.7 Å². The zero-order chi connectivity index (χ0) is 14.5. The SMILES string of the molecule is CCN(CCO)Cc1cn[nH]c1-c1ccc(Cl)cc1Cl. The van der Waals surface area contributed by atoms with Crippen molar-refractivity contribution in [2.24, 2.45) is 0 Å². The normalized spacial score (nSPS) is 11.2. The van der Waals surface area contributed by atoms with Gasteiger partial charge in [-0.05, 0) is 24.7 Å². The highest BCUT2D eigenvalue weighted by atomic mass is 35.5. The molecule has 1 aromatic heterocycles. The fraction of sp³-hybridized carbons (Fsp3) is 0.357. The largest absolute Gasteiger partial charge is 0.395 e. The van der Waals surface area contributed by atoms with E-state index in [0.717, 1.165) is 23.4 Å². The molecule has 0 atom stereocenters. The molecule has 0 aliphatic rings. The van der Waals surface area contributed by atoms with Crippen molar-refractivity contribution >= 4 is 23.2 Å². The maximum atomic E-state index is 9.06. The highest BCUT2D eigenvalue weighted by molar-refractivity contribution is 6.36. The summed E-state index contributed by atoms with van der Waals surface area (Å²) in [5.74, 6) is 0. The number of likely N-dealkylation sites (N-methyl/N-ethyl adjacent to an activating group) is 1. The third-order valence-electron chi connectivity index (χ3n) is 3.18. The Balaban J connectivity index is 2.28. The van der Waals surface area contributed by atoms with E-state index in [1.54, 1.807) is 18.3 Å². The smallest absolute Gasteiger partial charge is 0.0710 e. The number of nitrogens with zero attached hydrogens (tertiary/aromatic N) is 2. The standard InChI is InChI=1S/C14H17Cl2N3O/c1-2-19(5-6-20)9-10-8-17-18-14(10)12-4-3-11(15)7-13(12)16/h3-4,7-8,20H,2,5-6,9H2,1H3,(H,17,18). The number of nitrogens with one attached hydrogen (secondary N) is 1. The van der Waals surface area contributed by atoms with Gasteiger partial charge in [0.25, 0.3) is 0 Å². The highest BCUT2D eigenvalue weighted by Gasteiger charge is 2.13. The molecule has 0 saturated heterocycles. The molecule has 108 valence electrons. The Morgan fingerprint density at radius 1 is 1.35 bits per heavy atom. The molecule has 2 N–H and O–H groups in total. The quantitative estimate of drug-likeness (QED) is 0.861. The van der Waals surface area contributed by atoms with Crippen LogP contribution in [0.25, 0.3) is 11.3 Å². The summed E-state index contributed by atoms with van der Waals surface area (Å²) in [5.41, 5.74) is 2.82. The molecule has 0 unspecified atom stereocenters. The van der Waals surface area contributed by atoms with Gasteiger partial charge in [-0.25, -0.2) is 0 Å². The maximum Gasteiger partial charge on any atom is 0.0710 e. The van der Waals surface area contributed by atoms with E-state index in [1.165, 1.54) is 0 Å². The second kappa shape index (κ2) is 7.09. The van der Waals surface area contributed by atoms with Crippen molar-refractivity contribution in [1.29, 1.82) is 0 Å². The van der Waals surface area contributed by atoms with Crippen LogP contribution >= 0.6 is 23.2 Å². The lowest BCUT2D eigenvalue weighted by atomic mass is 10.1. The second-order valence-electron chi connectivity index (χ2n) is 4.49. The van der Waals surface area contributed by atoms with Gasteiger partial charge in [0, 0.05) is 29.2 Å². The van der Waals surface area contributed by atoms with Crippen LogP contribution in [-0.4, -0.2) is 39.9 Å². The number of aromatic nitrogens is 2. The third-order valence-corrected chi connectivity index (χ3v) is 3.72. The van der Waals surface area contributed by atoms with Crippen LogP contribution in [0.5, 0.6) is 0 Å². The van der Waals surface area contributed by atoms with Crippen LogP contribution in [0.4, 0.5) is 0 Å². The highest BCUT2D eigenvalue weighted by Crippen LogP contribution is 2.31. The molecular weight excluding hydrogens is 297 g/mol. The molecule has 0 amide bonds. The summed E-state index contributed by atoms with van der Waals surface area (Å²) in [5, 5.41) is 17.3. The summed E-state index contributed by atoms with van der Waals surface area (Å²) < 4.78 is 0. The summed E-state index contributed by atoms with van der Waals surface area (Å²) >= 11 is 12.2. The molecule has 0 bridgehead atoms. The van der Waals surface area contributed by atoms with E-state index in [9.17, 15) is 0 Å². The summed E-state index contributed by atoms with van der Waals surface area (Å²) in [4.78, 5) is 2.14. The average Bonchev–Trinajstić information content (AvgIpc) is 2.86. The summed E-state index contributed by atoms with van der Waals surface area (Å²) in [6.45, 7) is 4.41. The predicted octanol–water partition coefficient (Wildman–Crippen LogP) is 3.20. The van der Waals surface area contributed by atoms with Crippen LogP contribution in [0.15, 0.2) is 24.4 Å². The molecule has 1 aromatic carbocycles. The van der Waals surface area contributed by atoms with E-state index >= 15 is 0 Å². The van der Waals surface area contributed by atoms with Crippen molar-refractivity contribution < 1.29 is 5.11 Å². The van der Waals surface area contributed by atoms with E-state index in [1.807, 2.05) is 6.07 Å². The number of hydrogen-bond donors (Lipinski definition) is 2. The number of hydrogen-bond acceptors (Lipinski definition) is 3. The van der Waals surface area contributed by atoms with E-state index < -0.39 is 0 Å². The topological polar surface area (TPSA) is 52.1 Å². The van der Waals surface area contributed by atoms with Gasteiger partial charge in [0.2, 0.25) is 0 Å². The van der Waals surface area contributed by atoms with Crippen molar-refractivity contribution in [3.8, 4) is 11.3 Å². The second-order valence-corrected chi connectivity index (χ2v) is 5.33. The Hall–Kier alpha value is -1.07. The van der Waals surface area contributed by atoms with Crippen LogP contribution in [0.2, 0.25) is 10.0 Å². The van der Waals surface area contributed by atoms with Gasteiger partial charge in [-0.3, -0.25) is 10.00 Å². The molecule has 2 rings (SSSR count). The molecule has 1 heterocycles. The predicted molar refractivity (Wildman–Crippen MR) is 82.1 cm³/mol. The number of benzene rings is 1.